The van der Waals surface area contributed by atoms with Crippen LogP contribution in [0.4, 0.5) is 0 Å². The highest BCUT2D eigenvalue weighted by molar-refractivity contribution is 5.86. The number of carboxylic acids is 1. The molecule has 0 aromatic heterocycles. The number of carbonyl (C=O) groups is 3. The predicted molar refractivity (Wildman–Crippen MR) is 66.8 cm³/mol. The van der Waals surface area contributed by atoms with Crippen LogP contribution in [0.3, 0.4) is 0 Å². The van der Waals surface area contributed by atoms with Crippen LogP contribution in [-0.4, -0.2) is 59.3 Å². The van der Waals surface area contributed by atoms with Crippen LogP contribution in [0, 0.1) is 0 Å². The van der Waals surface area contributed by atoms with E-state index in [0.29, 0.717) is 0 Å². The molecule has 0 atom stereocenters. The van der Waals surface area contributed by atoms with Gasteiger partial charge in [0.1, 0.15) is 13.2 Å². The van der Waals surface area contributed by atoms with Gasteiger partial charge in [-0.15, -0.1) is 0 Å². The Morgan fingerprint density at radius 1 is 1.11 bits per heavy atom. The van der Waals surface area contributed by atoms with Gasteiger partial charge in [0, 0.05) is 18.4 Å². The molecule has 0 rings (SSSR count). The molecule has 0 amide bonds. The average Bonchev–Trinajstić information content (AvgIpc) is 2.23. The second-order valence-corrected chi connectivity index (χ2v) is 3.38. The van der Waals surface area contributed by atoms with E-state index in [2.05, 4.69) is 11.3 Å². The minimum Gasteiger partial charge on any atom is -0.481 e. The number of esters is 2. The second-order valence-electron chi connectivity index (χ2n) is 3.38. The molecule has 0 aliphatic heterocycles. The quantitative estimate of drug-likeness (QED) is 0.289. The van der Waals surface area contributed by atoms with Crippen molar-refractivity contribution in [2.75, 3.05) is 13.2 Å². The third-order valence-electron chi connectivity index (χ3n) is 1.70. The lowest BCUT2D eigenvalue weighted by molar-refractivity contribution is -0.150. The zero-order valence-electron chi connectivity index (χ0n) is 9.73. The van der Waals surface area contributed by atoms with E-state index in [1.807, 2.05) is 0 Å². The van der Waals surface area contributed by atoms with Crippen LogP contribution in [0.15, 0.2) is 12.2 Å². The van der Waals surface area contributed by atoms with Gasteiger partial charge in [0.15, 0.2) is 0 Å². The molecule has 100 valence electrons. The topological polar surface area (TPSA) is 89.9 Å². The smallest absolute Gasteiger partial charge is 0.333 e. The molecule has 7 heteroatoms. The first-order valence-corrected chi connectivity index (χ1v) is 5.13. The lowest BCUT2D eigenvalue weighted by atomic mass is 10.2. The summed E-state index contributed by atoms with van der Waals surface area (Å²) >= 11 is 0. The minimum atomic E-state index is -0.951. The maximum absolute atomic E-state index is 11.0. The molecule has 0 aromatic carbocycles. The van der Waals surface area contributed by atoms with Gasteiger partial charge in [-0.2, -0.15) is 0 Å². The lowest BCUT2D eigenvalue weighted by Gasteiger charge is -2.05. The Bertz CT molecular complexity index is 313. The summed E-state index contributed by atoms with van der Waals surface area (Å²) in [7, 11) is 0. The third-order valence-corrected chi connectivity index (χ3v) is 1.70. The van der Waals surface area contributed by atoms with E-state index in [-0.39, 0.29) is 61.1 Å². The van der Waals surface area contributed by atoms with E-state index < -0.39 is 17.9 Å². The summed E-state index contributed by atoms with van der Waals surface area (Å²) in [4.78, 5) is 32.1. The molecule has 1 N–H and O–H groups in total. The molecular weight excluding hydrogens is 252 g/mol. The first kappa shape index (κ1) is 19.3. The number of hydrogen-bond acceptors (Lipinski definition) is 5. The molecule has 0 fully saturated rings. The van der Waals surface area contributed by atoms with Gasteiger partial charge in [-0.3, -0.25) is 9.59 Å². The van der Waals surface area contributed by atoms with Crippen molar-refractivity contribution in [1.29, 1.82) is 0 Å². The van der Waals surface area contributed by atoms with Crippen molar-refractivity contribution in [2.45, 2.75) is 26.2 Å². The molecule has 0 aliphatic carbocycles. The summed E-state index contributed by atoms with van der Waals surface area (Å²) in [5, 5.41) is 8.34. The first-order chi connectivity index (χ1) is 7.93. The largest absolute Gasteiger partial charge is 0.481 e. The van der Waals surface area contributed by atoms with Crippen LogP contribution in [-0.2, 0) is 23.9 Å². The van der Waals surface area contributed by atoms with Gasteiger partial charge in [0.05, 0.1) is 0 Å². The molecule has 6 nitrogen and oxygen atoms in total. The minimum absolute atomic E-state index is 0. The number of hydrogen-bond donors (Lipinski definition) is 1. The van der Waals surface area contributed by atoms with E-state index in [1.165, 1.54) is 6.92 Å². The van der Waals surface area contributed by atoms with Crippen molar-refractivity contribution in [3.63, 3.8) is 0 Å². The third kappa shape index (κ3) is 11.4. The van der Waals surface area contributed by atoms with E-state index >= 15 is 0 Å². The SMILES string of the molecule is C=C(C)C(=O)OCCOC(=O)CCCC(=O)O.[MgH2]. The van der Waals surface area contributed by atoms with Crippen molar-refractivity contribution in [3.05, 3.63) is 12.2 Å². The van der Waals surface area contributed by atoms with E-state index in [1.54, 1.807) is 0 Å². The van der Waals surface area contributed by atoms with Crippen LogP contribution in [0.2, 0.25) is 0 Å². The van der Waals surface area contributed by atoms with E-state index in [4.69, 9.17) is 9.84 Å². The van der Waals surface area contributed by atoms with Crippen LogP contribution in [0.1, 0.15) is 26.2 Å². The highest BCUT2D eigenvalue weighted by Crippen LogP contribution is 1.98. The fourth-order valence-corrected chi connectivity index (χ4v) is 0.869. The number of rotatable bonds is 8. The Morgan fingerprint density at radius 3 is 2.17 bits per heavy atom. The molecule has 18 heavy (non-hydrogen) atoms. The van der Waals surface area contributed by atoms with Crippen molar-refractivity contribution in [2.24, 2.45) is 0 Å². The lowest BCUT2D eigenvalue weighted by Crippen LogP contribution is -2.14. The first-order valence-electron chi connectivity index (χ1n) is 5.13. The molecule has 0 aromatic rings. The number of ether oxygens (including phenoxy) is 2. The molecule has 0 radical (unpaired) electrons. The van der Waals surface area contributed by atoms with Crippen LogP contribution < -0.4 is 0 Å². The molecule has 0 spiro atoms. The van der Waals surface area contributed by atoms with Gasteiger partial charge in [-0.25, -0.2) is 4.79 Å². The zero-order valence-corrected chi connectivity index (χ0v) is 9.73. The van der Waals surface area contributed by atoms with Crippen molar-refractivity contribution in [1.82, 2.24) is 0 Å². The normalized spacial score (nSPS) is 8.94. The highest BCUT2D eigenvalue weighted by Gasteiger charge is 2.06. The van der Waals surface area contributed by atoms with E-state index in [0.717, 1.165) is 0 Å². The standard InChI is InChI=1S/C11H16O6.Mg.2H/c1-8(2)11(15)17-7-6-16-10(14)5-3-4-9(12)13;;;/h1,3-7H2,2H3,(H,12,13);;;. The van der Waals surface area contributed by atoms with E-state index in [9.17, 15) is 14.4 Å². The molecule has 0 heterocycles. The summed E-state index contributed by atoms with van der Waals surface area (Å²) in [6.07, 6.45) is 0.209. The second kappa shape index (κ2) is 11.0. The molecule has 0 bridgehead atoms. The Kier molecular flexibility index (Phi) is 11.8. The Labute approximate surface area is 121 Å². The fourth-order valence-electron chi connectivity index (χ4n) is 0.869. The number of aliphatic carboxylic acids is 1. The molecule has 0 aliphatic rings. The van der Waals surface area contributed by atoms with Crippen molar-refractivity contribution in [3.8, 4) is 0 Å². The van der Waals surface area contributed by atoms with Gasteiger partial charge in [-0.1, -0.05) is 6.58 Å². The molecule has 0 saturated heterocycles. The molecular formula is C11H18MgO6. The maximum atomic E-state index is 11.0. The maximum Gasteiger partial charge on any atom is 0.333 e. The number of carbonyl (C=O) groups excluding carboxylic acids is 2. The Morgan fingerprint density at radius 2 is 1.67 bits per heavy atom. The van der Waals surface area contributed by atoms with Crippen molar-refractivity contribution < 1.29 is 29.0 Å². The van der Waals surface area contributed by atoms with Gasteiger partial charge < -0.3 is 14.6 Å². The van der Waals surface area contributed by atoms with Gasteiger partial charge in [0.25, 0.3) is 0 Å². The highest BCUT2D eigenvalue weighted by atomic mass is 24.3. The van der Waals surface area contributed by atoms with Crippen LogP contribution in [0.5, 0.6) is 0 Å². The van der Waals surface area contributed by atoms with Gasteiger partial charge in [-0.05, 0) is 13.3 Å². The van der Waals surface area contributed by atoms with Crippen LogP contribution in [0.25, 0.3) is 0 Å². The number of carboxylic acid groups (broad SMARTS) is 1. The average molecular weight is 271 g/mol. The monoisotopic (exact) mass is 270 g/mol. The van der Waals surface area contributed by atoms with Gasteiger partial charge >= 0.3 is 41.0 Å². The van der Waals surface area contributed by atoms with Crippen molar-refractivity contribution >= 4 is 41.0 Å². The summed E-state index contributed by atoms with van der Waals surface area (Å²) in [5.41, 5.74) is 0.276. The molecule has 0 unspecified atom stereocenters. The van der Waals surface area contributed by atoms with Gasteiger partial charge in [0.2, 0.25) is 0 Å². The Hall–Kier alpha value is -1.08. The summed E-state index contributed by atoms with van der Waals surface area (Å²) < 4.78 is 9.40. The molecule has 0 saturated carbocycles. The zero-order chi connectivity index (χ0) is 13.3. The summed E-state index contributed by atoms with van der Waals surface area (Å²) in [5.74, 6) is -1.99. The Balaban J connectivity index is 0. The fraction of sp³-hybridized carbons (Fsp3) is 0.545. The summed E-state index contributed by atoms with van der Waals surface area (Å²) in [6.45, 7) is 4.83. The van der Waals surface area contributed by atoms with Crippen LogP contribution >= 0.6 is 0 Å². The summed E-state index contributed by atoms with van der Waals surface area (Å²) in [6, 6.07) is 0. The predicted octanol–water partition coefficient (Wildman–Crippen LogP) is -0.0124.